The summed E-state index contributed by atoms with van der Waals surface area (Å²) in [6.45, 7) is 4.68. The summed E-state index contributed by atoms with van der Waals surface area (Å²) in [4.78, 5) is 29.5. The number of primary amides is 1. The third kappa shape index (κ3) is 22.7. The van der Waals surface area contributed by atoms with Gasteiger partial charge in [0.05, 0.1) is 0 Å². The maximum atomic E-state index is 10.8. The number of rotatable bonds is 2. The van der Waals surface area contributed by atoms with Gasteiger partial charge in [0.2, 0.25) is 0 Å². The lowest BCUT2D eigenvalue weighted by molar-refractivity contribution is -0.136. The van der Waals surface area contributed by atoms with Crippen molar-refractivity contribution in [2.45, 2.75) is 26.4 Å². The highest BCUT2D eigenvalue weighted by atomic mass is 16.6. The molecule has 0 aromatic heterocycles. The third-order valence-electron chi connectivity index (χ3n) is 0.783. The normalized spacial score (nSPS) is 9.44. The molecular weight excluding hydrogens is 220 g/mol. The quantitative estimate of drug-likeness (QED) is 0.540. The zero-order chi connectivity index (χ0) is 13.4. The number of hydrogen-bond acceptors (Lipinski definition) is 4. The second-order valence-electron chi connectivity index (χ2n) is 3.59. The largest absolute Gasteiger partial charge is 0.480 e. The molecule has 8 nitrogen and oxygen atoms in total. The van der Waals surface area contributed by atoms with Gasteiger partial charge in [0.15, 0.2) is 0 Å². The Labute approximate surface area is 92.4 Å². The summed E-state index contributed by atoms with van der Waals surface area (Å²) in [5.74, 6) is -1.10. The zero-order valence-electron chi connectivity index (χ0n) is 9.31. The van der Waals surface area contributed by atoms with E-state index in [-0.39, 0.29) is 0 Å². The molecule has 0 saturated carbocycles. The molecule has 0 aromatic rings. The van der Waals surface area contributed by atoms with Crippen LogP contribution < -0.4 is 11.1 Å². The molecule has 5 N–H and O–H groups in total. The molecule has 0 fully saturated rings. The first-order valence-corrected chi connectivity index (χ1v) is 4.21. The predicted octanol–water partition coefficient (Wildman–Crippen LogP) is 0.219. The van der Waals surface area contributed by atoms with Crippen molar-refractivity contribution in [3.63, 3.8) is 0 Å². The molecule has 0 aliphatic rings. The van der Waals surface area contributed by atoms with Crippen LogP contribution in [0, 0.1) is 0 Å². The molecule has 0 atom stereocenters. The number of carboxylic acids is 1. The van der Waals surface area contributed by atoms with Crippen LogP contribution in [0.4, 0.5) is 9.59 Å². The number of ether oxygens (including phenoxy) is 1. The first-order chi connectivity index (χ1) is 7.04. The highest BCUT2D eigenvalue weighted by Gasteiger charge is 2.15. The number of alkyl carbamates (subject to hydrolysis) is 1. The van der Waals surface area contributed by atoms with Gasteiger partial charge >= 0.3 is 18.2 Å². The molecule has 0 bridgehead atoms. The lowest BCUT2D eigenvalue weighted by Crippen LogP contribution is -2.35. The van der Waals surface area contributed by atoms with Crippen molar-refractivity contribution in [3.8, 4) is 0 Å². The Hall–Kier alpha value is -1.99. The van der Waals surface area contributed by atoms with Crippen LogP contribution in [0.15, 0.2) is 0 Å². The van der Waals surface area contributed by atoms with Crippen molar-refractivity contribution < 1.29 is 29.3 Å². The number of carbonyl (C=O) groups is 3. The van der Waals surface area contributed by atoms with E-state index in [9.17, 15) is 9.59 Å². The maximum absolute atomic E-state index is 10.8. The van der Waals surface area contributed by atoms with E-state index < -0.39 is 30.3 Å². The molecule has 0 spiro atoms. The van der Waals surface area contributed by atoms with E-state index in [0.717, 1.165) is 0 Å². The Balaban J connectivity index is 0. The molecule has 0 heterocycles. The second-order valence-corrected chi connectivity index (χ2v) is 3.59. The fourth-order valence-electron chi connectivity index (χ4n) is 0.462. The summed E-state index contributed by atoms with van der Waals surface area (Å²) in [5.41, 5.74) is 3.43. The number of amides is 2. The minimum Gasteiger partial charge on any atom is -0.480 e. The van der Waals surface area contributed by atoms with Crippen molar-refractivity contribution in [1.82, 2.24) is 5.32 Å². The standard InChI is InChI=1S/C7H13NO4.CH3NO2/c1-7(2,3)12-6(11)8-4-5(9)10;2-1(3)4/h4H2,1-3H3,(H,8,11)(H,9,10);2H2,(H,3,4). The summed E-state index contributed by atoms with van der Waals surface area (Å²) >= 11 is 0. The number of carboxylic acid groups (broad SMARTS) is 2. The van der Waals surface area contributed by atoms with Gasteiger partial charge in [-0.15, -0.1) is 0 Å². The number of nitrogens with two attached hydrogens (primary N) is 1. The van der Waals surface area contributed by atoms with Crippen LogP contribution in [0.3, 0.4) is 0 Å². The Morgan fingerprint density at radius 1 is 1.25 bits per heavy atom. The van der Waals surface area contributed by atoms with Crippen molar-refractivity contribution in [1.29, 1.82) is 0 Å². The number of aliphatic carboxylic acids is 1. The van der Waals surface area contributed by atoms with Crippen molar-refractivity contribution in [2.24, 2.45) is 5.73 Å². The molecule has 0 aliphatic carbocycles. The van der Waals surface area contributed by atoms with Crippen LogP contribution in [-0.2, 0) is 9.53 Å². The van der Waals surface area contributed by atoms with Gasteiger partial charge in [-0.05, 0) is 20.8 Å². The first kappa shape index (κ1) is 16.4. The second kappa shape index (κ2) is 7.32. The SMILES string of the molecule is CC(C)(C)OC(=O)NCC(=O)O.NC(=O)O. The lowest BCUT2D eigenvalue weighted by Gasteiger charge is -2.19. The van der Waals surface area contributed by atoms with E-state index in [0.29, 0.717) is 0 Å². The van der Waals surface area contributed by atoms with Crippen LogP contribution in [-0.4, -0.2) is 40.5 Å². The Bertz CT molecular complexity index is 254. The van der Waals surface area contributed by atoms with E-state index in [2.05, 4.69) is 11.1 Å². The molecule has 0 rings (SSSR count). The van der Waals surface area contributed by atoms with Crippen molar-refractivity contribution in [3.05, 3.63) is 0 Å². The summed E-state index contributed by atoms with van der Waals surface area (Å²) in [7, 11) is 0. The molecule has 0 radical (unpaired) electrons. The molecule has 0 aromatic carbocycles. The van der Waals surface area contributed by atoms with Gasteiger partial charge in [-0.2, -0.15) is 0 Å². The Morgan fingerprint density at radius 2 is 1.62 bits per heavy atom. The number of nitrogens with one attached hydrogen (secondary N) is 1. The van der Waals surface area contributed by atoms with Crippen LogP contribution in [0.25, 0.3) is 0 Å². The lowest BCUT2D eigenvalue weighted by atomic mass is 10.2. The summed E-state index contributed by atoms with van der Waals surface area (Å²) in [6.07, 6.45) is -2.05. The third-order valence-corrected chi connectivity index (χ3v) is 0.783. The number of hydrogen-bond donors (Lipinski definition) is 4. The van der Waals surface area contributed by atoms with E-state index in [1.165, 1.54) is 0 Å². The van der Waals surface area contributed by atoms with Gasteiger partial charge in [-0.25, -0.2) is 9.59 Å². The molecule has 0 saturated heterocycles. The Morgan fingerprint density at radius 3 is 1.88 bits per heavy atom. The van der Waals surface area contributed by atoms with Gasteiger partial charge in [0.1, 0.15) is 12.1 Å². The minimum absolute atomic E-state index is 0.422. The fourth-order valence-corrected chi connectivity index (χ4v) is 0.462. The van der Waals surface area contributed by atoms with E-state index in [1.54, 1.807) is 20.8 Å². The van der Waals surface area contributed by atoms with Crippen LogP contribution in [0.1, 0.15) is 20.8 Å². The topological polar surface area (TPSA) is 139 Å². The molecule has 8 heteroatoms. The van der Waals surface area contributed by atoms with Gasteiger partial charge in [-0.1, -0.05) is 0 Å². The Kier molecular flexibility index (Phi) is 7.52. The van der Waals surface area contributed by atoms with Crippen molar-refractivity contribution >= 4 is 18.2 Å². The molecule has 94 valence electrons. The molecule has 0 aliphatic heterocycles. The highest BCUT2D eigenvalue weighted by molar-refractivity contribution is 5.76. The van der Waals surface area contributed by atoms with Gasteiger partial charge in [-0.3, -0.25) is 4.79 Å². The average Bonchev–Trinajstić information content (AvgIpc) is 1.96. The van der Waals surface area contributed by atoms with Crippen LogP contribution in [0.5, 0.6) is 0 Å². The predicted molar refractivity (Wildman–Crippen MR) is 54.1 cm³/mol. The van der Waals surface area contributed by atoms with E-state index >= 15 is 0 Å². The average molecular weight is 236 g/mol. The summed E-state index contributed by atoms with van der Waals surface area (Å²) in [5, 5.41) is 17.5. The smallest absolute Gasteiger partial charge is 0.408 e. The number of carbonyl (C=O) groups excluding carboxylic acids is 1. The molecule has 2 amide bonds. The van der Waals surface area contributed by atoms with Crippen molar-refractivity contribution in [2.75, 3.05) is 6.54 Å². The molecule has 16 heavy (non-hydrogen) atoms. The maximum Gasteiger partial charge on any atom is 0.408 e. The fraction of sp³-hybridized carbons (Fsp3) is 0.625. The van der Waals surface area contributed by atoms with Gasteiger partial charge in [0.25, 0.3) is 0 Å². The molecular formula is C8H16N2O6. The van der Waals surface area contributed by atoms with Gasteiger partial charge in [0, 0.05) is 0 Å². The van der Waals surface area contributed by atoms with Gasteiger partial charge < -0.3 is 26.0 Å². The molecule has 0 unspecified atom stereocenters. The summed E-state index contributed by atoms with van der Waals surface area (Å²) < 4.78 is 4.77. The highest BCUT2D eigenvalue weighted by Crippen LogP contribution is 2.05. The zero-order valence-corrected chi connectivity index (χ0v) is 9.31. The minimum atomic E-state index is -1.33. The first-order valence-electron chi connectivity index (χ1n) is 4.21. The van der Waals surface area contributed by atoms with Crippen LogP contribution in [0.2, 0.25) is 0 Å². The summed E-state index contributed by atoms with van der Waals surface area (Å²) in [6, 6.07) is 0. The van der Waals surface area contributed by atoms with E-state index in [1.807, 2.05) is 0 Å². The monoisotopic (exact) mass is 236 g/mol. The van der Waals surface area contributed by atoms with Crippen LogP contribution >= 0.6 is 0 Å². The van der Waals surface area contributed by atoms with E-state index in [4.69, 9.17) is 19.7 Å².